The summed E-state index contributed by atoms with van der Waals surface area (Å²) in [4.78, 5) is 0. The van der Waals surface area contributed by atoms with Crippen LogP contribution in [0.25, 0.3) is 0 Å². The van der Waals surface area contributed by atoms with E-state index >= 15 is 0 Å². The van der Waals surface area contributed by atoms with E-state index < -0.39 is 5.79 Å². The molecule has 0 aromatic heterocycles. The van der Waals surface area contributed by atoms with Crippen LogP contribution in [-0.4, -0.2) is 17.0 Å². The van der Waals surface area contributed by atoms with Gasteiger partial charge in [0.15, 0.2) is 5.79 Å². The van der Waals surface area contributed by atoms with E-state index in [1.807, 2.05) is 0 Å². The lowest BCUT2D eigenvalue weighted by Crippen LogP contribution is -2.53. The Morgan fingerprint density at radius 1 is 0.864 bits per heavy atom. The Labute approximate surface area is 136 Å². The highest BCUT2D eigenvalue weighted by Crippen LogP contribution is 2.72. The third-order valence-electron chi connectivity index (χ3n) is 9.87. The molecule has 4 bridgehead atoms. The molecule has 0 aromatic carbocycles. The molecule has 0 aliphatic heterocycles. The lowest BCUT2D eigenvalue weighted by atomic mass is 9.67. The zero-order valence-electron chi connectivity index (χ0n) is 15.3. The molecule has 2 nitrogen and oxygen atoms in total. The van der Waals surface area contributed by atoms with E-state index in [9.17, 15) is 5.11 Å². The minimum atomic E-state index is -0.909. The Morgan fingerprint density at radius 2 is 1.50 bits per heavy atom. The monoisotopic (exact) mass is 306 g/mol. The van der Waals surface area contributed by atoms with Crippen LogP contribution < -0.4 is 0 Å². The van der Waals surface area contributed by atoms with Crippen molar-refractivity contribution in [3.8, 4) is 0 Å². The molecule has 0 radical (unpaired) electrons. The Morgan fingerprint density at radius 3 is 1.91 bits per heavy atom. The van der Waals surface area contributed by atoms with Crippen molar-refractivity contribution in [3.63, 3.8) is 0 Å². The van der Waals surface area contributed by atoms with Crippen LogP contribution in [0.5, 0.6) is 0 Å². The van der Waals surface area contributed by atoms with Gasteiger partial charge in [0, 0.05) is 11.8 Å². The summed E-state index contributed by atoms with van der Waals surface area (Å²) < 4.78 is 6.66. The van der Waals surface area contributed by atoms with Gasteiger partial charge >= 0.3 is 0 Å². The van der Waals surface area contributed by atoms with Gasteiger partial charge in [-0.2, -0.15) is 0 Å². The van der Waals surface area contributed by atoms with Crippen molar-refractivity contribution in [1.29, 1.82) is 0 Å². The van der Waals surface area contributed by atoms with Gasteiger partial charge in [-0.05, 0) is 60.2 Å². The van der Waals surface area contributed by atoms with E-state index in [1.165, 1.54) is 19.3 Å². The summed E-state index contributed by atoms with van der Waals surface area (Å²) in [7, 11) is 0. The van der Waals surface area contributed by atoms with Crippen molar-refractivity contribution in [2.24, 2.45) is 33.5 Å². The Hall–Kier alpha value is -0.0800. The van der Waals surface area contributed by atoms with Crippen LogP contribution in [0.3, 0.4) is 0 Å². The lowest BCUT2D eigenvalue weighted by molar-refractivity contribution is -0.307. The van der Waals surface area contributed by atoms with Gasteiger partial charge in [0.2, 0.25) is 0 Å². The quantitative estimate of drug-likeness (QED) is 0.746. The van der Waals surface area contributed by atoms with Crippen molar-refractivity contribution in [2.75, 3.05) is 0 Å². The number of hydrogen-bond acceptors (Lipinski definition) is 2. The average molecular weight is 306 g/mol. The van der Waals surface area contributed by atoms with Gasteiger partial charge in [-0.1, -0.05) is 41.5 Å². The van der Waals surface area contributed by atoms with Gasteiger partial charge < -0.3 is 9.84 Å². The van der Waals surface area contributed by atoms with Gasteiger partial charge in [-0.3, -0.25) is 0 Å². The van der Waals surface area contributed by atoms with Gasteiger partial charge in [0.25, 0.3) is 0 Å². The van der Waals surface area contributed by atoms with Crippen LogP contribution in [0.15, 0.2) is 0 Å². The first-order valence-electron chi connectivity index (χ1n) is 9.38. The minimum absolute atomic E-state index is 0.0903. The molecule has 4 fully saturated rings. The molecule has 0 spiro atoms. The van der Waals surface area contributed by atoms with E-state index in [1.54, 1.807) is 0 Å². The molecule has 4 aliphatic rings. The fraction of sp³-hybridized carbons (Fsp3) is 1.00. The van der Waals surface area contributed by atoms with Gasteiger partial charge in [-0.25, -0.2) is 0 Å². The Balaban J connectivity index is 1.63. The second-order valence-electron chi connectivity index (χ2n) is 10.5. The third kappa shape index (κ3) is 1.42. The fourth-order valence-electron chi connectivity index (χ4n) is 6.93. The second-order valence-corrected chi connectivity index (χ2v) is 10.5. The molecule has 0 saturated heterocycles. The molecular weight excluding hydrogens is 272 g/mol. The Kier molecular flexibility index (Phi) is 2.76. The van der Waals surface area contributed by atoms with E-state index in [0.717, 1.165) is 25.2 Å². The number of aliphatic hydroxyl groups is 1. The molecule has 4 saturated carbocycles. The summed E-state index contributed by atoms with van der Waals surface area (Å²) in [6, 6.07) is 0. The van der Waals surface area contributed by atoms with Crippen molar-refractivity contribution >= 4 is 0 Å². The van der Waals surface area contributed by atoms with Crippen LogP contribution in [0.1, 0.15) is 80.1 Å². The summed E-state index contributed by atoms with van der Waals surface area (Å²) >= 11 is 0. The lowest BCUT2D eigenvalue weighted by Gasteiger charge is -2.49. The van der Waals surface area contributed by atoms with E-state index in [4.69, 9.17) is 4.74 Å². The van der Waals surface area contributed by atoms with Crippen LogP contribution in [0.4, 0.5) is 0 Å². The maximum Gasteiger partial charge on any atom is 0.171 e. The molecule has 126 valence electrons. The number of rotatable bonds is 2. The van der Waals surface area contributed by atoms with Crippen molar-refractivity contribution in [2.45, 2.75) is 92.0 Å². The summed E-state index contributed by atoms with van der Waals surface area (Å²) in [6.45, 7) is 14.2. The predicted molar refractivity (Wildman–Crippen MR) is 88.3 cm³/mol. The molecular formula is C20H34O2. The van der Waals surface area contributed by atoms with Crippen LogP contribution >= 0.6 is 0 Å². The molecule has 6 unspecified atom stereocenters. The van der Waals surface area contributed by atoms with E-state index in [2.05, 4.69) is 41.5 Å². The minimum Gasteiger partial charge on any atom is -0.365 e. The first-order valence-corrected chi connectivity index (χ1v) is 9.38. The maximum absolute atomic E-state index is 11.5. The Bertz CT molecular complexity index is 510. The molecule has 0 heterocycles. The molecule has 0 amide bonds. The van der Waals surface area contributed by atoms with Gasteiger partial charge in [0.05, 0.1) is 6.10 Å². The summed E-state index contributed by atoms with van der Waals surface area (Å²) in [5.74, 6) is 0.473. The van der Waals surface area contributed by atoms with Crippen molar-refractivity contribution in [3.05, 3.63) is 0 Å². The highest BCUT2D eigenvalue weighted by molar-refractivity contribution is 5.17. The largest absolute Gasteiger partial charge is 0.365 e. The molecule has 6 atom stereocenters. The molecule has 22 heavy (non-hydrogen) atoms. The van der Waals surface area contributed by atoms with Crippen LogP contribution in [0, 0.1) is 33.5 Å². The van der Waals surface area contributed by atoms with Crippen molar-refractivity contribution < 1.29 is 9.84 Å². The van der Waals surface area contributed by atoms with Gasteiger partial charge in [-0.15, -0.1) is 0 Å². The fourth-order valence-corrected chi connectivity index (χ4v) is 6.93. The first-order chi connectivity index (χ1) is 9.98. The highest BCUT2D eigenvalue weighted by atomic mass is 16.6. The molecule has 0 aromatic rings. The summed E-state index contributed by atoms with van der Waals surface area (Å²) in [6.07, 6.45) is 7.18. The topological polar surface area (TPSA) is 29.5 Å². The standard InChI is InChI=1S/C20H34O2/c1-16(2)13-7-9-18(16,5)15(11-13)22-20(21)12-14-8-10-19(20,6)17(14,3)4/h13-15,21H,7-12H2,1-6H3. The van der Waals surface area contributed by atoms with E-state index in [-0.39, 0.29) is 22.3 Å². The average Bonchev–Trinajstić information content (AvgIpc) is 2.89. The van der Waals surface area contributed by atoms with Gasteiger partial charge in [0.1, 0.15) is 0 Å². The second kappa shape index (κ2) is 3.94. The van der Waals surface area contributed by atoms with Crippen molar-refractivity contribution in [1.82, 2.24) is 0 Å². The zero-order valence-corrected chi connectivity index (χ0v) is 15.3. The number of fused-ring (bicyclic) bond motifs is 4. The zero-order chi connectivity index (χ0) is 16.2. The molecule has 4 aliphatic carbocycles. The normalized spacial score (nSPS) is 57.7. The van der Waals surface area contributed by atoms with Crippen LogP contribution in [-0.2, 0) is 4.74 Å². The predicted octanol–water partition coefficient (Wildman–Crippen LogP) is 4.75. The smallest absolute Gasteiger partial charge is 0.171 e. The number of ether oxygens (including phenoxy) is 1. The summed E-state index contributed by atoms with van der Waals surface area (Å²) in [5.41, 5.74) is 0.681. The first kappa shape index (κ1) is 15.4. The van der Waals surface area contributed by atoms with E-state index in [0.29, 0.717) is 11.3 Å². The number of hydrogen-bond donors (Lipinski definition) is 1. The third-order valence-corrected chi connectivity index (χ3v) is 9.87. The molecule has 1 N–H and O–H groups in total. The molecule has 4 rings (SSSR count). The maximum atomic E-state index is 11.5. The summed E-state index contributed by atoms with van der Waals surface area (Å²) in [5, 5.41) is 11.5. The SMILES string of the molecule is CC1(C)C2CCC1(C)C(OC1(O)CC3CCC1(C)C3(C)C)C2. The molecule has 2 heteroatoms. The van der Waals surface area contributed by atoms with Crippen LogP contribution in [0.2, 0.25) is 0 Å². The highest BCUT2D eigenvalue weighted by Gasteiger charge is 2.72.